The van der Waals surface area contributed by atoms with Crippen molar-refractivity contribution in [3.8, 4) is 0 Å². The average molecular weight is 344 g/mol. The minimum Gasteiger partial charge on any atom is -0.377 e. The maximum absolute atomic E-state index is 13.9. The first-order chi connectivity index (χ1) is 12.1. The fourth-order valence-corrected chi connectivity index (χ4v) is 2.89. The Bertz CT molecular complexity index is 768. The van der Waals surface area contributed by atoms with Crippen LogP contribution in [0.1, 0.15) is 23.1 Å². The van der Waals surface area contributed by atoms with Gasteiger partial charge in [-0.05, 0) is 18.6 Å². The van der Waals surface area contributed by atoms with Gasteiger partial charge < -0.3 is 15.0 Å². The van der Waals surface area contributed by atoms with Crippen LogP contribution in [0.2, 0.25) is 0 Å². The van der Waals surface area contributed by atoms with Crippen molar-refractivity contribution in [3.63, 3.8) is 0 Å². The molecule has 2 aromatic rings. The predicted molar refractivity (Wildman–Crippen MR) is 91.7 cm³/mol. The van der Waals surface area contributed by atoms with Crippen molar-refractivity contribution in [1.29, 1.82) is 0 Å². The number of hydrogen-bond donors (Lipinski definition) is 1. The lowest BCUT2D eigenvalue weighted by molar-refractivity contribution is -0.139. The van der Waals surface area contributed by atoms with Crippen LogP contribution in [0.4, 0.5) is 10.2 Å². The Labute approximate surface area is 146 Å². The van der Waals surface area contributed by atoms with Gasteiger partial charge in [0.25, 0.3) is 0 Å². The SMILES string of the molecule is CNc1cc(C)nc(C2COCCN2C(=O)Cc2ccccc2F)n1. The molecule has 1 atom stereocenters. The zero-order valence-corrected chi connectivity index (χ0v) is 14.3. The number of amides is 1. The van der Waals surface area contributed by atoms with E-state index in [1.165, 1.54) is 6.07 Å². The second kappa shape index (κ2) is 7.57. The first-order valence-corrected chi connectivity index (χ1v) is 8.22. The highest BCUT2D eigenvalue weighted by Gasteiger charge is 2.31. The molecule has 1 amide bonds. The van der Waals surface area contributed by atoms with Crippen molar-refractivity contribution in [2.24, 2.45) is 0 Å². The van der Waals surface area contributed by atoms with Crippen molar-refractivity contribution < 1.29 is 13.9 Å². The monoisotopic (exact) mass is 344 g/mol. The first-order valence-electron chi connectivity index (χ1n) is 8.22. The molecule has 0 radical (unpaired) electrons. The van der Waals surface area contributed by atoms with Crippen LogP contribution < -0.4 is 5.32 Å². The van der Waals surface area contributed by atoms with E-state index in [9.17, 15) is 9.18 Å². The van der Waals surface area contributed by atoms with E-state index in [1.807, 2.05) is 13.0 Å². The van der Waals surface area contributed by atoms with Gasteiger partial charge in [-0.15, -0.1) is 0 Å². The summed E-state index contributed by atoms with van der Waals surface area (Å²) in [4.78, 5) is 23.4. The zero-order valence-electron chi connectivity index (χ0n) is 14.3. The van der Waals surface area contributed by atoms with Crippen molar-refractivity contribution >= 4 is 11.7 Å². The van der Waals surface area contributed by atoms with E-state index in [4.69, 9.17) is 4.74 Å². The smallest absolute Gasteiger partial charge is 0.227 e. The van der Waals surface area contributed by atoms with E-state index in [2.05, 4.69) is 15.3 Å². The molecule has 1 aliphatic rings. The molecular weight excluding hydrogens is 323 g/mol. The molecule has 0 bridgehead atoms. The Balaban J connectivity index is 1.84. The number of nitrogens with zero attached hydrogens (tertiary/aromatic N) is 3. The number of rotatable bonds is 4. The number of ether oxygens (including phenoxy) is 1. The summed E-state index contributed by atoms with van der Waals surface area (Å²) in [6.07, 6.45) is 0.00781. The van der Waals surface area contributed by atoms with E-state index >= 15 is 0 Å². The number of hydrogen-bond acceptors (Lipinski definition) is 5. The summed E-state index contributed by atoms with van der Waals surface area (Å²) in [5.41, 5.74) is 1.19. The third-order valence-electron chi connectivity index (χ3n) is 4.17. The van der Waals surface area contributed by atoms with Gasteiger partial charge in [-0.2, -0.15) is 0 Å². The minimum atomic E-state index is -0.375. The van der Waals surface area contributed by atoms with Gasteiger partial charge in [-0.1, -0.05) is 18.2 Å². The Morgan fingerprint density at radius 3 is 2.96 bits per heavy atom. The number of benzene rings is 1. The summed E-state index contributed by atoms with van der Waals surface area (Å²) in [5.74, 6) is 0.694. The van der Waals surface area contributed by atoms with Crippen LogP contribution in [-0.4, -0.2) is 47.6 Å². The molecule has 1 aliphatic heterocycles. The Morgan fingerprint density at radius 1 is 1.40 bits per heavy atom. The molecule has 2 heterocycles. The van der Waals surface area contributed by atoms with Crippen LogP contribution in [0.5, 0.6) is 0 Å². The Kier molecular flexibility index (Phi) is 5.23. The van der Waals surface area contributed by atoms with Crippen LogP contribution in [0, 0.1) is 12.7 Å². The third kappa shape index (κ3) is 3.93. The Hall–Kier alpha value is -2.54. The summed E-state index contributed by atoms with van der Waals surface area (Å²) in [5, 5.41) is 2.99. The molecule has 1 N–H and O–H groups in total. The topological polar surface area (TPSA) is 67.4 Å². The van der Waals surface area contributed by atoms with Gasteiger partial charge in [0.2, 0.25) is 5.91 Å². The van der Waals surface area contributed by atoms with Gasteiger partial charge in [0, 0.05) is 25.4 Å². The molecule has 6 nitrogen and oxygen atoms in total. The number of aromatic nitrogens is 2. The van der Waals surface area contributed by atoms with E-state index in [-0.39, 0.29) is 24.2 Å². The van der Waals surface area contributed by atoms with Crippen LogP contribution in [-0.2, 0) is 16.0 Å². The molecule has 0 saturated carbocycles. The summed E-state index contributed by atoms with van der Waals surface area (Å²) in [7, 11) is 1.78. The number of carbonyl (C=O) groups is 1. The predicted octanol–water partition coefficient (Wildman–Crippen LogP) is 2.11. The zero-order chi connectivity index (χ0) is 17.8. The normalized spacial score (nSPS) is 17.4. The fraction of sp³-hybridized carbons (Fsp3) is 0.389. The second-order valence-corrected chi connectivity index (χ2v) is 5.95. The molecule has 1 fully saturated rings. The molecular formula is C18H21FN4O2. The molecule has 3 rings (SSSR count). The van der Waals surface area contributed by atoms with Gasteiger partial charge in [-0.25, -0.2) is 14.4 Å². The van der Waals surface area contributed by atoms with Crippen LogP contribution in [0.3, 0.4) is 0 Å². The van der Waals surface area contributed by atoms with Crippen molar-refractivity contribution in [2.75, 3.05) is 32.1 Å². The summed E-state index contributed by atoms with van der Waals surface area (Å²) in [6, 6.07) is 7.79. The molecule has 132 valence electrons. The fourth-order valence-electron chi connectivity index (χ4n) is 2.89. The standard InChI is InChI=1S/C18H21FN4O2/c1-12-9-16(20-2)22-18(21-12)15-11-25-8-7-23(15)17(24)10-13-5-3-4-6-14(13)19/h3-6,9,15H,7-8,10-11H2,1-2H3,(H,20,21,22). The number of aryl methyl sites for hydroxylation is 1. The van der Waals surface area contributed by atoms with E-state index < -0.39 is 0 Å². The van der Waals surface area contributed by atoms with Gasteiger partial charge in [-0.3, -0.25) is 4.79 Å². The van der Waals surface area contributed by atoms with Crippen molar-refractivity contribution in [3.05, 3.63) is 53.2 Å². The average Bonchev–Trinajstić information content (AvgIpc) is 2.63. The highest BCUT2D eigenvalue weighted by Crippen LogP contribution is 2.24. The number of anilines is 1. The van der Waals surface area contributed by atoms with Crippen LogP contribution in [0.15, 0.2) is 30.3 Å². The molecule has 1 saturated heterocycles. The van der Waals surface area contributed by atoms with Crippen molar-refractivity contribution in [1.82, 2.24) is 14.9 Å². The quantitative estimate of drug-likeness (QED) is 0.920. The van der Waals surface area contributed by atoms with E-state index in [0.29, 0.717) is 37.0 Å². The highest BCUT2D eigenvalue weighted by molar-refractivity contribution is 5.79. The van der Waals surface area contributed by atoms with E-state index in [1.54, 1.807) is 30.1 Å². The lowest BCUT2D eigenvalue weighted by Crippen LogP contribution is -2.44. The maximum atomic E-state index is 13.9. The Morgan fingerprint density at radius 2 is 2.20 bits per heavy atom. The molecule has 0 aliphatic carbocycles. The lowest BCUT2D eigenvalue weighted by atomic mass is 10.1. The molecule has 7 heteroatoms. The van der Waals surface area contributed by atoms with E-state index in [0.717, 1.165) is 5.69 Å². The maximum Gasteiger partial charge on any atom is 0.227 e. The summed E-state index contributed by atoms with van der Waals surface area (Å²) >= 11 is 0. The number of carbonyl (C=O) groups excluding carboxylic acids is 1. The minimum absolute atomic E-state index is 0.00781. The van der Waals surface area contributed by atoms with Crippen LogP contribution in [0.25, 0.3) is 0 Å². The number of nitrogens with one attached hydrogen (secondary N) is 1. The second-order valence-electron chi connectivity index (χ2n) is 5.95. The van der Waals surface area contributed by atoms with Gasteiger partial charge in [0.05, 0.1) is 19.6 Å². The largest absolute Gasteiger partial charge is 0.377 e. The van der Waals surface area contributed by atoms with Gasteiger partial charge in [0.15, 0.2) is 5.82 Å². The highest BCUT2D eigenvalue weighted by atomic mass is 19.1. The van der Waals surface area contributed by atoms with Crippen molar-refractivity contribution in [2.45, 2.75) is 19.4 Å². The number of halogens is 1. The molecule has 1 aromatic carbocycles. The third-order valence-corrected chi connectivity index (χ3v) is 4.17. The summed E-state index contributed by atoms with van der Waals surface area (Å²) in [6.45, 7) is 3.09. The van der Waals surface area contributed by atoms with Crippen LogP contribution >= 0.6 is 0 Å². The first kappa shape index (κ1) is 17.3. The summed E-state index contributed by atoms with van der Waals surface area (Å²) < 4.78 is 19.4. The van der Waals surface area contributed by atoms with Gasteiger partial charge >= 0.3 is 0 Å². The molecule has 0 spiro atoms. The lowest BCUT2D eigenvalue weighted by Gasteiger charge is -2.35. The number of morpholine rings is 1. The van der Waals surface area contributed by atoms with Gasteiger partial charge in [0.1, 0.15) is 17.7 Å². The molecule has 1 unspecified atom stereocenters. The molecule has 1 aromatic heterocycles. The molecule has 25 heavy (non-hydrogen) atoms.